The van der Waals surface area contributed by atoms with E-state index in [1.54, 1.807) is 0 Å². The van der Waals surface area contributed by atoms with Crippen LogP contribution in [0.25, 0.3) is 0 Å². The van der Waals surface area contributed by atoms with E-state index in [2.05, 4.69) is 42.8 Å². The summed E-state index contributed by atoms with van der Waals surface area (Å²) in [5.41, 5.74) is 0. The van der Waals surface area contributed by atoms with Crippen LogP contribution in [0.2, 0.25) is 0 Å². The molecule has 0 bridgehead atoms. The predicted molar refractivity (Wildman–Crippen MR) is 84.8 cm³/mol. The SMILES string of the molecule is CCCC(NCC)C(CC)N1CCN(CCC)CC1. The maximum Gasteiger partial charge on any atom is 0.0247 e. The normalized spacial score (nSPS) is 21.5. The van der Waals surface area contributed by atoms with Gasteiger partial charge in [-0.3, -0.25) is 4.90 Å². The van der Waals surface area contributed by atoms with Crippen molar-refractivity contribution in [1.82, 2.24) is 15.1 Å². The van der Waals surface area contributed by atoms with Crippen LogP contribution in [0.1, 0.15) is 53.4 Å². The minimum Gasteiger partial charge on any atom is -0.313 e. The lowest BCUT2D eigenvalue weighted by Gasteiger charge is -2.42. The molecule has 0 radical (unpaired) electrons. The molecular formula is C16H35N3. The van der Waals surface area contributed by atoms with Gasteiger partial charge in [-0.05, 0) is 32.4 Å². The van der Waals surface area contributed by atoms with E-state index in [0.717, 1.165) is 12.6 Å². The van der Waals surface area contributed by atoms with Crippen molar-refractivity contribution in [3.63, 3.8) is 0 Å². The van der Waals surface area contributed by atoms with Crippen LogP contribution in [0, 0.1) is 0 Å². The maximum absolute atomic E-state index is 3.71. The Balaban J connectivity index is 2.49. The molecule has 1 fully saturated rings. The van der Waals surface area contributed by atoms with Gasteiger partial charge in [0.15, 0.2) is 0 Å². The summed E-state index contributed by atoms with van der Waals surface area (Å²) < 4.78 is 0. The van der Waals surface area contributed by atoms with E-state index >= 15 is 0 Å². The number of piperazine rings is 1. The third-order valence-corrected chi connectivity index (χ3v) is 4.36. The average Bonchev–Trinajstić information content (AvgIpc) is 2.42. The zero-order chi connectivity index (χ0) is 14.1. The van der Waals surface area contributed by atoms with Crippen molar-refractivity contribution in [3.05, 3.63) is 0 Å². The highest BCUT2D eigenvalue weighted by Crippen LogP contribution is 2.16. The zero-order valence-corrected chi connectivity index (χ0v) is 13.6. The van der Waals surface area contributed by atoms with E-state index in [9.17, 15) is 0 Å². The quantitative estimate of drug-likeness (QED) is 0.694. The molecule has 1 saturated heterocycles. The average molecular weight is 269 g/mol. The summed E-state index contributed by atoms with van der Waals surface area (Å²) in [6, 6.07) is 1.40. The molecule has 1 heterocycles. The summed E-state index contributed by atoms with van der Waals surface area (Å²) in [6.07, 6.45) is 5.14. The van der Waals surface area contributed by atoms with Crippen molar-refractivity contribution in [3.8, 4) is 0 Å². The molecule has 1 aliphatic rings. The molecule has 2 unspecified atom stereocenters. The fourth-order valence-corrected chi connectivity index (χ4v) is 3.44. The maximum atomic E-state index is 3.71. The van der Waals surface area contributed by atoms with Gasteiger partial charge in [-0.1, -0.05) is 34.1 Å². The fourth-order valence-electron chi connectivity index (χ4n) is 3.44. The first-order valence-corrected chi connectivity index (χ1v) is 8.46. The van der Waals surface area contributed by atoms with Gasteiger partial charge in [0.25, 0.3) is 0 Å². The second-order valence-electron chi connectivity index (χ2n) is 5.81. The van der Waals surface area contributed by atoms with Gasteiger partial charge in [0, 0.05) is 38.3 Å². The van der Waals surface area contributed by atoms with Gasteiger partial charge < -0.3 is 10.2 Å². The van der Waals surface area contributed by atoms with Crippen LogP contribution in [0.15, 0.2) is 0 Å². The van der Waals surface area contributed by atoms with Crippen molar-refractivity contribution in [2.45, 2.75) is 65.5 Å². The van der Waals surface area contributed by atoms with Gasteiger partial charge in [0.2, 0.25) is 0 Å². The van der Waals surface area contributed by atoms with E-state index in [-0.39, 0.29) is 0 Å². The van der Waals surface area contributed by atoms with Crippen molar-refractivity contribution in [2.24, 2.45) is 0 Å². The van der Waals surface area contributed by atoms with Gasteiger partial charge in [-0.25, -0.2) is 0 Å². The number of hydrogen-bond acceptors (Lipinski definition) is 3. The third kappa shape index (κ3) is 5.41. The van der Waals surface area contributed by atoms with Gasteiger partial charge in [-0.15, -0.1) is 0 Å². The molecule has 114 valence electrons. The summed E-state index contributed by atoms with van der Waals surface area (Å²) in [7, 11) is 0. The van der Waals surface area contributed by atoms with Crippen LogP contribution in [0.4, 0.5) is 0 Å². The second kappa shape index (κ2) is 9.73. The second-order valence-corrected chi connectivity index (χ2v) is 5.81. The summed E-state index contributed by atoms with van der Waals surface area (Å²) in [5.74, 6) is 0. The first-order valence-electron chi connectivity index (χ1n) is 8.46. The van der Waals surface area contributed by atoms with Crippen molar-refractivity contribution < 1.29 is 0 Å². The molecule has 3 nitrogen and oxygen atoms in total. The predicted octanol–water partition coefficient (Wildman–Crippen LogP) is 2.57. The molecule has 0 aromatic heterocycles. The number of nitrogens with one attached hydrogen (secondary N) is 1. The summed E-state index contributed by atoms with van der Waals surface area (Å²) in [4.78, 5) is 5.35. The summed E-state index contributed by atoms with van der Waals surface area (Å²) in [6.45, 7) is 16.6. The van der Waals surface area contributed by atoms with Gasteiger partial charge >= 0.3 is 0 Å². The molecule has 2 atom stereocenters. The molecule has 0 aromatic rings. The number of hydrogen-bond donors (Lipinski definition) is 1. The Labute approximate surface area is 120 Å². The Morgan fingerprint density at radius 2 is 1.63 bits per heavy atom. The Morgan fingerprint density at radius 1 is 0.947 bits per heavy atom. The highest BCUT2D eigenvalue weighted by atomic mass is 15.3. The zero-order valence-electron chi connectivity index (χ0n) is 13.6. The first-order chi connectivity index (χ1) is 9.26. The molecule has 3 heteroatoms. The van der Waals surface area contributed by atoms with Crippen LogP contribution >= 0.6 is 0 Å². The molecule has 19 heavy (non-hydrogen) atoms. The topological polar surface area (TPSA) is 18.5 Å². The van der Waals surface area contributed by atoms with Crippen LogP contribution in [-0.4, -0.2) is 61.2 Å². The van der Waals surface area contributed by atoms with Gasteiger partial charge in [0.1, 0.15) is 0 Å². The molecule has 0 aliphatic carbocycles. The first kappa shape index (κ1) is 16.9. The Morgan fingerprint density at radius 3 is 2.11 bits per heavy atom. The van der Waals surface area contributed by atoms with Gasteiger partial charge in [0.05, 0.1) is 0 Å². The van der Waals surface area contributed by atoms with Crippen molar-refractivity contribution >= 4 is 0 Å². The minimum absolute atomic E-state index is 0.678. The molecule has 1 rings (SSSR count). The molecule has 0 aromatic carbocycles. The standard InChI is InChI=1S/C16H35N3/c1-5-9-15(17-8-4)16(7-3)19-13-11-18(10-6-2)12-14-19/h15-17H,5-14H2,1-4H3. The molecular weight excluding hydrogens is 234 g/mol. The number of nitrogens with zero attached hydrogens (tertiary/aromatic N) is 2. The summed E-state index contributed by atoms with van der Waals surface area (Å²) >= 11 is 0. The number of rotatable bonds is 9. The van der Waals surface area contributed by atoms with E-state index in [0.29, 0.717) is 6.04 Å². The Hall–Kier alpha value is -0.120. The van der Waals surface area contributed by atoms with E-state index < -0.39 is 0 Å². The Kier molecular flexibility index (Phi) is 8.67. The van der Waals surface area contributed by atoms with E-state index in [4.69, 9.17) is 0 Å². The third-order valence-electron chi connectivity index (χ3n) is 4.36. The number of likely N-dealkylation sites (N-methyl/N-ethyl adjacent to an activating group) is 1. The van der Waals surface area contributed by atoms with Crippen LogP contribution < -0.4 is 5.32 Å². The van der Waals surface area contributed by atoms with Crippen molar-refractivity contribution in [2.75, 3.05) is 39.3 Å². The molecule has 0 spiro atoms. The van der Waals surface area contributed by atoms with E-state index in [1.165, 1.54) is 58.4 Å². The molecule has 1 aliphatic heterocycles. The van der Waals surface area contributed by atoms with Gasteiger partial charge in [-0.2, -0.15) is 0 Å². The van der Waals surface area contributed by atoms with E-state index in [1.807, 2.05) is 0 Å². The van der Waals surface area contributed by atoms with Crippen LogP contribution in [0.5, 0.6) is 0 Å². The summed E-state index contributed by atoms with van der Waals surface area (Å²) in [5, 5.41) is 3.71. The smallest absolute Gasteiger partial charge is 0.0247 e. The lowest BCUT2D eigenvalue weighted by Crippen LogP contribution is -2.56. The van der Waals surface area contributed by atoms with Crippen LogP contribution in [0.3, 0.4) is 0 Å². The highest BCUT2D eigenvalue weighted by molar-refractivity contribution is 4.86. The highest BCUT2D eigenvalue weighted by Gasteiger charge is 2.27. The van der Waals surface area contributed by atoms with Crippen molar-refractivity contribution in [1.29, 1.82) is 0 Å². The lowest BCUT2D eigenvalue weighted by molar-refractivity contribution is 0.0745. The molecule has 0 amide bonds. The fraction of sp³-hybridized carbons (Fsp3) is 1.00. The monoisotopic (exact) mass is 269 g/mol. The largest absolute Gasteiger partial charge is 0.313 e. The molecule has 0 saturated carbocycles. The minimum atomic E-state index is 0.678. The Bertz CT molecular complexity index is 206. The lowest BCUT2D eigenvalue weighted by atomic mass is 9.98. The molecule has 1 N–H and O–H groups in total. The van der Waals surface area contributed by atoms with Crippen LogP contribution in [-0.2, 0) is 0 Å².